The van der Waals surface area contributed by atoms with Crippen LogP contribution in [0.2, 0.25) is 0 Å². The Hall–Kier alpha value is -5.01. The van der Waals surface area contributed by atoms with Gasteiger partial charge in [-0.25, -0.2) is 14.6 Å². The molecule has 12 nitrogen and oxygen atoms in total. The van der Waals surface area contributed by atoms with Crippen molar-refractivity contribution in [3.05, 3.63) is 72.9 Å². The first-order chi connectivity index (χ1) is 20.4. The zero-order chi connectivity index (χ0) is 29.6. The van der Waals surface area contributed by atoms with Crippen molar-refractivity contribution >= 4 is 62.1 Å². The largest absolute Gasteiger partial charge is 0.494 e. The van der Waals surface area contributed by atoms with Gasteiger partial charge in [-0.05, 0) is 38.4 Å². The van der Waals surface area contributed by atoms with Crippen LogP contribution in [0, 0.1) is 0 Å². The van der Waals surface area contributed by atoms with E-state index in [1.807, 2.05) is 56.9 Å². The van der Waals surface area contributed by atoms with Gasteiger partial charge in [-0.15, -0.1) is 16.4 Å². The molecule has 0 unspecified atom stereocenters. The van der Waals surface area contributed by atoms with E-state index in [0.29, 0.717) is 34.7 Å². The number of hydrogen-bond acceptors (Lipinski definition) is 11. The van der Waals surface area contributed by atoms with Crippen LogP contribution in [0.15, 0.2) is 72.9 Å². The van der Waals surface area contributed by atoms with Crippen LogP contribution in [0.25, 0.3) is 16.7 Å². The number of ether oxygens (including phenoxy) is 1. The van der Waals surface area contributed by atoms with Gasteiger partial charge in [0.2, 0.25) is 11.9 Å². The standard InChI is InChI=1S/C29H32N10O2S/c1-6-26(40)32-20-17-21(24(41-5)18-23(20)38(4)15-14-37(2)3)33-28-30-12-11-25(34-28)39-22-10-8-7-9-19(22)27(36-39)35-29-31-13-16-42-29/h6-13,16-18H,1,14-15H2,2-5H3,(H,32,40)(H,30,33,34)(H,31,35,36). The number of thiazole rings is 1. The van der Waals surface area contributed by atoms with E-state index in [1.54, 1.807) is 36.3 Å². The van der Waals surface area contributed by atoms with Crippen molar-refractivity contribution in [1.29, 1.82) is 0 Å². The molecule has 0 radical (unpaired) electrons. The third-order valence-electron chi connectivity index (χ3n) is 6.40. The zero-order valence-electron chi connectivity index (χ0n) is 23.8. The van der Waals surface area contributed by atoms with Gasteiger partial charge in [-0.2, -0.15) is 4.98 Å². The molecule has 0 atom stereocenters. The molecule has 3 aromatic heterocycles. The Morgan fingerprint density at radius 2 is 1.90 bits per heavy atom. The number of carbonyl (C=O) groups excluding carboxylic acids is 1. The number of aromatic nitrogens is 5. The molecular weight excluding hydrogens is 552 g/mol. The minimum absolute atomic E-state index is 0.320. The number of benzene rings is 2. The second kappa shape index (κ2) is 12.7. The van der Waals surface area contributed by atoms with Crippen LogP contribution in [-0.2, 0) is 4.79 Å². The van der Waals surface area contributed by atoms with Crippen LogP contribution < -0.4 is 25.6 Å². The lowest BCUT2D eigenvalue weighted by Crippen LogP contribution is -2.29. The van der Waals surface area contributed by atoms with Gasteiger partial charge in [0.25, 0.3) is 0 Å². The van der Waals surface area contributed by atoms with Gasteiger partial charge in [0, 0.05) is 55.4 Å². The predicted octanol–water partition coefficient (Wildman–Crippen LogP) is 4.89. The Balaban J connectivity index is 1.49. The van der Waals surface area contributed by atoms with Crippen molar-refractivity contribution < 1.29 is 9.53 Å². The monoisotopic (exact) mass is 584 g/mol. The first-order valence-electron chi connectivity index (χ1n) is 13.1. The highest BCUT2D eigenvalue weighted by molar-refractivity contribution is 7.13. The second-order valence-corrected chi connectivity index (χ2v) is 10.5. The second-order valence-electron chi connectivity index (χ2n) is 9.59. The summed E-state index contributed by atoms with van der Waals surface area (Å²) in [5.41, 5.74) is 2.84. The molecule has 13 heteroatoms. The van der Waals surface area contributed by atoms with E-state index in [0.717, 1.165) is 34.8 Å². The highest BCUT2D eigenvalue weighted by atomic mass is 32.1. The van der Waals surface area contributed by atoms with E-state index in [4.69, 9.17) is 14.8 Å². The fraction of sp³-hybridized carbons (Fsp3) is 0.207. The molecule has 0 bridgehead atoms. The fourth-order valence-corrected chi connectivity index (χ4v) is 4.80. The summed E-state index contributed by atoms with van der Waals surface area (Å²) in [7, 11) is 7.59. The van der Waals surface area contributed by atoms with Gasteiger partial charge in [-0.3, -0.25) is 4.79 Å². The first-order valence-corrected chi connectivity index (χ1v) is 14.0. The summed E-state index contributed by atoms with van der Waals surface area (Å²) in [6, 6.07) is 13.4. The van der Waals surface area contributed by atoms with Crippen molar-refractivity contribution in [2.75, 3.05) is 62.2 Å². The predicted molar refractivity (Wildman–Crippen MR) is 169 cm³/mol. The minimum Gasteiger partial charge on any atom is -0.494 e. The van der Waals surface area contributed by atoms with Crippen molar-refractivity contribution in [2.24, 2.45) is 0 Å². The number of carbonyl (C=O) groups is 1. The van der Waals surface area contributed by atoms with Crippen molar-refractivity contribution in [3.8, 4) is 11.6 Å². The Bertz CT molecular complexity index is 1700. The Morgan fingerprint density at radius 1 is 1.07 bits per heavy atom. The van der Waals surface area contributed by atoms with E-state index in [-0.39, 0.29) is 5.91 Å². The van der Waals surface area contributed by atoms with E-state index >= 15 is 0 Å². The molecule has 216 valence electrons. The third-order valence-corrected chi connectivity index (χ3v) is 7.09. The molecule has 2 aromatic carbocycles. The van der Waals surface area contributed by atoms with Crippen LogP contribution in [0.3, 0.4) is 0 Å². The van der Waals surface area contributed by atoms with Gasteiger partial charge < -0.3 is 30.5 Å². The minimum atomic E-state index is -0.320. The molecule has 0 saturated heterocycles. The fourth-order valence-electron chi connectivity index (χ4n) is 4.27. The third kappa shape index (κ3) is 6.32. The Morgan fingerprint density at radius 3 is 2.64 bits per heavy atom. The molecule has 42 heavy (non-hydrogen) atoms. The van der Waals surface area contributed by atoms with Gasteiger partial charge in [0.15, 0.2) is 16.8 Å². The summed E-state index contributed by atoms with van der Waals surface area (Å²) in [6.45, 7) is 5.16. The molecule has 0 aliphatic heterocycles. The van der Waals surface area contributed by atoms with Crippen molar-refractivity contribution in [1.82, 2.24) is 29.6 Å². The number of likely N-dealkylation sites (N-methyl/N-ethyl adjacent to an activating group) is 2. The Kier molecular flexibility index (Phi) is 8.60. The number of methoxy groups -OCH3 is 1. The molecule has 5 rings (SSSR count). The molecule has 0 aliphatic rings. The van der Waals surface area contributed by atoms with E-state index in [1.165, 1.54) is 17.4 Å². The van der Waals surface area contributed by atoms with Crippen LogP contribution in [0.5, 0.6) is 5.75 Å². The molecular formula is C29H32N10O2S. The number of hydrogen-bond donors (Lipinski definition) is 3. The summed E-state index contributed by atoms with van der Waals surface area (Å²) >= 11 is 1.50. The summed E-state index contributed by atoms with van der Waals surface area (Å²) < 4.78 is 7.49. The summed E-state index contributed by atoms with van der Waals surface area (Å²) in [5, 5.41) is 17.8. The highest BCUT2D eigenvalue weighted by Gasteiger charge is 2.18. The van der Waals surface area contributed by atoms with Crippen molar-refractivity contribution in [2.45, 2.75) is 0 Å². The van der Waals surface area contributed by atoms with Gasteiger partial charge >= 0.3 is 0 Å². The molecule has 0 aliphatic carbocycles. The lowest BCUT2D eigenvalue weighted by atomic mass is 10.2. The number of amides is 1. The van der Waals surface area contributed by atoms with Gasteiger partial charge in [-0.1, -0.05) is 18.7 Å². The van der Waals surface area contributed by atoms with Gasteiger partial charge in [0.1, 0.15) is 5.75 Å². The number of para-hydroxylation sites is 1. The number of nitrogens with zero attached hydrogens (tertiary/aromatic N) is 7. The molecule has 1 amide bonds. The highest BCUT2D eigenvalue weighted by Crippen LogP contribution is 2.38. The number of nitrogens with one attached hydrogen (secondary N) is 3. The van der Waals surface area contributed by atoms with Crippen LogP contribution in [0.1, 0.15) is 0 Å². The van der Waals surface area contributed by atoms with Crippen LogP contribution >= 0.6 is 11.3 Å². The SMILES string of the molecule is C=CC(=O)Nc1cc(Nc2nccc(-n3nc(Nc4nccs4)c4ccccc43)n2)c(OC)cc1N(C)CCN(C)C. The van der Waals surface area contributed by atoms with Gasteiger partial charge in [0.05, 0.1) is 29.7 Å². The smallest absolute Gasteiger partial charge is 0.247 e. The lowest BCUT2D eigenvalue weighted by molar-refractivity contribution is -0.111. The normalized spacial score (nSPS) is 11.0. The molecule has 0 fully saturated rings. The zero-order valence-corrected chi connectivity index (χ0v) is 24.6. The topological polar surface area (TPSA) is 125 Å². The first kappa shape index (κ1) is 28.5. The summed E-state index contributed by atoms with van der Waals surface area (Å²) in [4.78, 5) is 30.0. The lowest BCUT2D eigenvalue weighted by Gasteiger charge is -2.26. The van der Waals surface area contributed by atoms with E-state index in [2.05, 4.69) is 42.3 Å². The molecule has 5 aromatic rings. The van der Waals surface area contributed by atoms with E-state index in [9.17, 15) is 4.79 Å². The van der Waals surface area contributed by atoms with Crippen LogP contribution in [-0.4, -0.2) is 76.9 Å². The molecule has 0 spiro atoms. The maximum Gasteiger partial charge on any atom is 0.247 e. The average molecular weight is 585 g/mol. The molecule has 3 heterocycles. The quantitative estimate of drug-likeness (QED) is 0.175. The molecule has 0 saturated carbocycles. The Labute approximate surface area is 247 Å². The maximum absolute atomic E-state index is 12.3. The summed E-state index contributed by atoms with van der Waals surface area (Å²) in [6.07, 6.45) is 4.64. The maximum atomic E-state index is 12.3. The summed E-state index contributed by atoms with van der Waals surface area (Å²) in [5.74, 6) is 1.81. The van der Waals surface area contributed by atoms with Crippen molar-refractivity contribution in [3.63, 3.8) is 0 Å². The number of fused-ring (bicyclic) bond motifs is 1. The molecule has 3 N–H and O–H groups in total. The number of anilines is 6. The number of rotatable bonds is 12. The average Bonchev–Trinajstić information content (AvgIpc) is 3.64. The van der Waals surface area contributed by atoms with Crippen LogP contribution in [0.4, 0.5) is 34.0 Å². The van der Waals surface area contributed by atoms with E-state index < -0.39 is 0 Å².